The quantitative estimate of drug-likeness (QED) is 0.780. The summed E-state index contributed by atoms with van der Waals surface area (Å²) in [5.41, 5.74) is 1.14. The Hall–Kier alpha value is -2.21. The number of rotatable bonds is 5. The smallest absolute Gasteiger partial charge is 0.338 e. The first kappa shape index (κ1) is 14.2. The first-order valence-corrected chi connectivity index (χ1v) is 6.21. The molecule has 0 N–H and O–H groups in total. The van der Waals surface area contributed by atoms with Gasteiger partial charge in [0, 0.05) is 19.6 Å². The van der Waals surface area contributed by atoms with E-state index in [1.165, 1.54) is 0 Å². The van der Waals surface area contributed by atoms with Crippen LogP contribution >= 0.6 is 0 Å². The molecule has 0 aliphatic heterocycles. The maximum absolute atomic E-state index is 12.0. The van der Waals surface area contributed by atoms with E-state index in [9.17, 15) is 4.79 Å². The van der Waals surface area contributed by atoms with Crippen LogP contribution in [0.3, 0.4) is 0 Å². The van der Waals surface area contributed by atoms with Crippen LogP contribution in [0.25, 0.3) is 11.4 Å². The Morgan fingerprint density at radius 2 is 2.25 bits per heavy atom. The highest BCUT2D eigenvalue weighted by atomic mass is 16.6. The molecule has 0 bridgehead atoms. The molecule has 1 aromatic heterocycles. The van der Waals surface area contributed by atoms with Crippen molar-refractivity contribution in [2.45, 2.75) is 20.0 Å². The molecule has 106 valence electrons. The first-order chi connectivity index (χ1) is 9.60. The summed E-state index contributed by atoms with van der Waals surface area (Å²) in [4.78, 5) is 16.1. The van der Waals surface area contributed by atoms with Gasteiger partial charge in [0.25, 0.3) is 0 Å². The molecule has 2 rings (SSSR count). The van der Waals surface area contributed by atoms with Gasteiger partial charge in [-0.1, -0.05) is 17.3 Å². The predicted molar refractivity (Wildman–Crippen MR) is 71.2 cm³/mol. The van der Waals surface area contributed by atoms with Crippen LogP contribution in [0.5, 0.6) is 0 Å². The average molecular weight is 276 g/mol. The molecule has 0 amide bonds. The van der Waals surface area contributed by atoms with Crippen LogP contribution in [-0.2, 0) is 9.47 Å². The van der Waals surface area contributed by atoms with Gasteiger partial charge in [0.2, 0.25) is 11.7 Å². The Labute approximate surface area is 116 Å². The van der Waals surface area contributed by atoms with Crippen molar-refractivity contribution in [1.82, 2.24) is 10.1 Å². The van der Waals surface area contributed by atoms with Crippen LogP contribution in [0.15, 0.2) is 28.8 Å². The molecular formula is C14H16N2O4. The van der Waals surface area contributed by atoms with Gasteiger partial charge >= 0.3 is 5.97 Å². The Balaban J connectivity index is 2.15. The number of nitrogens with zero attached hydrogens (tertiary/aromatic N) is 2. The number of carbonyl (C=O) groups excluding carboxylic acids is 1. The van der Waals surface area contributed by atoms with Crippen molar-refractivity contribution in [3.63, 3.8) is 0 Å². The zero-order chi connectivity index (χ0) is 14.5. The molecule has 6 heteroatoms. The number of carbonyl (C=O) groups is 1. The van der Waals surface area contributed by atoms with Gasteiger partial charge < -0.3 is 14.0 Å². The minimum absolute atomic E-state index is 0.302. The Morgan fingerprint density at radius 3 is 2.90 bits per heavy atom. The van der Waals surface area contributed by atoms with E-state index in [4.69, 9.17) is 14.0 Å². The number of benzene rings is 1. The molecular weight excluding hydrogens is 260 g/mol. The number of hydrogen-bond donors (Lipinski definition) is 0. The highest BCUT2D eigenvalue weighted by Crippen LogP contribution is 2.18. The average Bonchev–Trinajstić information content (AvgIpc) is 2.86. The molecule has 0 saturated carbocycles. The lowest BCUT2D eigenvalue weighted by Gasteiger charge is -2.12. The number of aryl methyl sites for hydroxylation is 1. The van der Waals surface area contributed by atoms with E-state index in [2.05, 4.69) is 10.1 Å². The molecule has 2 aromatic rings. The highest BCUT2D eigenvalue weighted by molar-refractivity contribution is 5.90. The molecule has 0 aliphatic rings. The van der Waals surface area contributed by atoms with Crippen LogP contribution in [0.2, 0.25) is 0 Å². The van der Waals surface area contributed by atoms with Crippen molar-refractivity contribution < 1.29 is 18.8 Å². The molecule has 0 spiro atoms. The lowest BCUT2D eigenvalue weighted by atomic mass is 10.1. The van der Waals surface area contributed by atoms with E-state index < -0.39 is 5.97 Å². The minimum Gasteiger partial charge on any atom is -0.457 e. The number of aromatic nitrogens is 2. The van der Waals surface area contributed by atoms with Gasteiger partial charge in [0.15, 0.2) is 0 Å². The number of esters is 1. The minimum atomic E-state index is -0.406. The first-order valence-electron chi connectivity index (χ1n) is 6.21. The van der Waals surface area contributed by atoms with Crippen molar-refractivity contribution in [2.75, 3.05) is 13.7 Å². The summed E-state index contributed by atoms with van der Waals surface area (Å²) in [6, 6.07) is 6.91. The Kier molecular flexibility index (Phi) is 4.47. The third-order valence-electron chi connectivity index (χ3n) is 2.59. The van der Waals surface area contributed by atoms with Crippen molar-refractivity contribution in [3.8, 4) is 11.4 Å². The topological polar surface area (TPSA) is 74.5 Å². The summed E-state index contributed by atoms with van der Waals surface area (Å²) in [7, 11) is 1.56. The molecule has 0 aliphatic carbocycles. The van der Waals surface area contributed by atoms with Crippen LogP contribution in [0.4, 0.5) is 0 Å². The van der Waals surface area contributed by atoms with Crippen LogP contribution in [0.1, 0.15) is 23.2 Å². The fourth-order valence-electron chi connectivity index (χ4n) is 1.72. The van der Waals surface area contributed by atoms with Crippen LogP contribution in [-0.4, -0.2) is 35.9 Å². The molecule has 1 aromatic carbocycles. The summed E-state index contributed by atoms with van der Waals surface area (Å²) >= 11 is 0. The fourth-order valence-corrected chi connectivity index (χ4v) is 1.72. The predicted octanol–water partition coefficient (Wildman–Crippen LogP) is 2.24. The normalized spacial score (nSPS) is 12.2. The summed E-state index contributed by atoms with van der Waals surface area (Å²) in [5, 5.41) is 3.82. The second-order valence-electron chi connectivity index (χ2n) is 4.39. The standard InChI is InChI=1S/C14H16N2O4/c1-9(8-18-3)19-14(17)12-6-4-5-11(7-12)13-15-10(2)20-16-13/h4-7,9H,8H2,1-3H3. The van der Waals surface area contributed by atoms with Crippen molar-refractivity contribution >= 4 is 5.97 Å². The molecule has 0 radical (unpaired) electrons. The summed E-state index contributed by atoms with van der Waals surface area (Å²) in [6.07, 6.45) is -0.302. The van der Waals surface area contributed by atoms with Crippen molar-refractivity contribution in [3.05, 3.63) is 35.7 Å². The van der Waals surface area contributed by atoms with E-state index in [0.717, 1.165) is 0 Å². The summed E-state index contributed by atoms with van der Waals surface area (Å²) in [5.74, 6) is 0.514. The molecule has 20 heavy (non-hydrogen) atoms. The largest absolute Gasteiger partial charge is 0.457 e. The van der Waals surface area contributed by atoms with E-state index in [1.807, 2.05) is 0 Å². The van der Waals surface area contributed by atoms with E-state index in [1.54, 1.807) is 45.2 Å². The maximum atomic E-state index is 12.0. The lowest BCUT2D eigenvalue weighted by Crippen LogP contribution is -2.19. The maximum Gasteiger partial charge on any atom is 0.338 e. The van der Waals surface area contributed by atoms with Gasteiger partial charge in [-0.25, -0.2) is 4.79 Å². The Morgan fingerprint density at radius 1 is 1.45 bits per heavy atom. The Bertz CT molecular complexity index is 594. The zero-order valence-corrected chi connectivity index (χ0v) is 11.6. The second kappa shape index (κ2) is 6.29. The highest BCUT2D eigenvalue weighted by Gasteiger charge is 2.14. The van der Waals surface area contributed by atoms with E-state index in [0.29, 0.717) is 29.4 Å². The monoisotopic (exact) mass is 276 g/mol. The molecule has 0 saturated heterocycles. The van der Waals surface area contributed by atoms with Crippen molar-refractivity contribution in [1.29, 1.82) is 0 Å². The zero-order valence-electron chi connectivity index (χ0n) is 11.6. The fraction of sp³-hybridized carbons (Fsp3) is 0.357. The lowest BCUT2D eigenvalue weighted by molar-refractivity contribution is 0.0120. The summed E-state index contributed by atoms with van der Waals surface area (Å²) in [6.45, 7) is 3.84. The second-order valence-corrected chi connectivity index (χ2v) is 4.39. The number of hydrogen-bond acceptors (Lipinski definition) is 6. The van der Waals surface area contributed by atoms with Crippen molar-refractivity contribution in [2.24, 2.45) is 0 Å². The van der Waals surface area contributed by atoms with Gasteiger partial charge in [-0.15, -0.1) is 0 Å². The number of methoxy groups -OCH3 is 1. The van der Waals surface area contributed by atoms with Crippen LogP contribution in [0, 0.1) is 6.92 Å². The SMILES string of the molecule is COCC(C)OC(=O)c1cccc(-c2noc(C)n2)c1. The third-order valence-corrected chi connectivity index (χ3v) is 2.59. The van der Waals surface area contributed by atoms with Gasteiger partial charge in [-0.05, 0) is 19.1 Å². The number of ether oxygens (including phenoxy) is 2. The summed E-state index contributed by atoms with van der Waals surface area (Å²) < 4.78 is 15.1. The molecule has 1 atom stereocenters. The molecule has 1 unspecified atom stereocenters. The van der Waals surface area contributed by atoms with Gasteiger partial charge in [-0.2, -0.15) is 4.98 Å². The van der Waals surface area contributed by atoms with E-state index >= 15 is 0 Å². The van der Waals surface area contributed by atoms with Gasteiger partial charge in [0.1, 0.15) is 6.10 Å². The van der Waals surface area contributed by atoms with Gasteiger partial charge in [0.05, 0.1) is 12.2 Å². The van der Waals surface area contributed by atoms with E-state index in [-0.39, 0.29) is 6.10 Å². The molecule has 6 nitrogen and oxygen atoms in total. The van der Waals surface area contributed by atoms with Gasteiger partial charge in [-0.3, -0.25) is 0 Å². The third kappa shape index (κ3) is 3.42. The molecule has 0 fully saturated rings. The molecule has 1 heterocycles. The van der Waals surface area contributed by atoms with Crippen LogP contribution < -0.4 is 0 Å².